The van der Waals surface area contributed by atoms with Gasteiger partial charge in [-0.1, -0.05) is 0 Å². The van der Waals surface area contributed by atoms with Crippen LogP contribution in [-0.4, -0.2) is 30.4 Å². The molecule has 0 fully saturated rings. The van der Waals surface area contributed by atoms with E-state index in [1.807, 2.05) is 0 Å². The Kier molecular flexibility index (Phi) is 2.45. The number of nitrogens with zero attached hydrogens (tertiary/aromatic N) is 4. The Morgan fingerprint density at radius 2 is 2.11 bits per heavy atom. The van der Waals surface area contributed by atoms with Crippen molar-refractivity contribution in [1.82, 2.24) is 19.4 Å². The van der Waals surface area contributed by atoms with E-state index in [4.69, 9.17) is 5.11 Å². The maximum atomic E-state index is 12.9. The molecule has 0 aliphatic rings. The van der Waals surface area contributed by atoms with E-state index in [1.54, 1.807) is 6.07 Å². The summed E-state index contributed by atoms with van der Waals surface area (Å²) in [5.74, 6) is -1.32. The predicted molar refractivity (Wildman–Crippen MR) is 63.1 cm³/mol. The lowest BCUT2D eigenvalue weighted by atomic mass is 10.2. The molecule has 1 N–H and O–H groups in total. The second-order valence-electron chi connectivity index (χ2n) is 3.79. The average Bonchev–Trinajstić information content (AvgIpc) is 2.83. The van der Waals surface area contributed by atoms with Crippen LogP contribution in [0.3, 0.4) is 0 Å². The number of hydrogen-bond donors (Lipinski definition) is 1. The monoisotopic (exact) mass is 258 g/mol. The summed E-state index contributed by atoms with van der Waals surface area (Å²) >= 11 is 0. The third kappa shape index (κ3) is 1.90. The molecule has 94 valence electrons. The van der Waals surface area contributed by atoms with Crippen molar-refractivity contribution in [3.05, 3.63) is 48.3 Å². The van der Waals surface area contributed by atoms with Crippen LogP contribution in [0.25, 0.3) is 17.2 Å². The minimum Gasteiger partial charge on any atom is -0.476 e. The maximum Gasteiger partial charge on any atom is 0.356 e. The van der Waals surface area contributed by atoms with E-state index in [0.717, 1.165) is 6.20 Å². The molecule has 0 saturated heterocycles. The number of aromatic carboxylic acids is 1. The Labute approximate surface area is 106 Å². The molecule has 0 aromatic carbocycles. The van der Waals surface area contributed by atoms with E-state index < -0.39 is 11.8 Å². The second kappa shape index (κ2) is 4.13. The highest BCUT2D eigenvalue weighted by Crippen LogP contribution is 2.18. The van der Waals surface area contributed by atoms with E-state index in [0.29, 0.717) is 11.4 Å². The molecular weight excluding hydrogens is 251 g/mol. The molecule has 6 nitrogen and oxygen atoms in total. The van der Waals surface area contributed by atoms with Crippen molar-refractivity contribution in [3.8, 4) is 11.4 Å². The zero-order valence-corrected chi connectivity index (χ0v) is 9.49. The molecule has 0 spiro atoms. The fourth-order valence-electron chi connectivity index (χ4n) is 1.73. The number of carbonyl (C=O) groups is 1. The molecule has 0 aliphatic carbocycles. The number of carboxylic acid groups (broad SMARTS) is 1. The summed E-state index contributed by atoms with van der Waals surface area (Å²) in [5.41, 5.74) is 0.982. The van der Waals surface area contributed by atoms with Crippen molar-refractivity contribution in [2.45, 2.75) is 0 Å². The number of pyridine rings is 1. The van der Waals surface area contributed by atoms with Crippen LogP contribution in [0.1, 0.15) is 10.5 Å². The quantitative estimate of drug-likeness (QED) is 0.755. The lowest BCUT2D eigenvalue weighted by Gasteiger charge is -2.03. The number of carboxylic acids is 1. The van der Waals surface area contributed by atoms with E-state index in [-0.39, 0.29) is 11.5 Å². The van der Waals surface area contributed by atoms with Crippen LogP contribution in [0.5, 0.6) is 0 Å². The van der Waals surface area contributed by atoms with Gasteiger partial charge in [-0.2, -0.15) is 0 Å². The zero-order valence-electron chi connectivity index (χ0n) is 9.49. The van der Waals surface area contributed by atoms with Crippen molar-refractivity contribution < 1.29 is 14.3 Å². The molecule has 19 heavy (non-hydrogen) atoms. The molecule has 3 aromatic heterocycles. The SMILES string of the molecule is O=C(O)c1cn2c(-c3ccc(F)cn3)ccnc2n1. The molecule has 3 aromatic rings. The van der Waals surface area contributed by atoms with E-state index in [2.05, 4.69) is 15.0 Å². The van der Waals surface area contributed by atoms with Crippen molar-refractivity contribution in [1.29, 1.82) is 0 Å². The third-order valence-electron chi connectivity index (χ3n) is 2.58. The van der Waals surface area contributed by atoms with Gasteiger partial charge >= 0.3 is 5.97 Å². The van der Waals surface area contributed by atoms with Gasteiger partial charge in [0.05, 0.1) is 17.6 Å². The number of rotatable bonds is 2. The van der Waals surface area contributed by atoms with Gasteiger partial charge in [0.25, 0.3) is 0 Å². The van der Waals surface area contributed by atoms with Crippen LogP contribution in [0.4, 0.5) is 4.39 Å². The normalized spacial score (nSPS) is 10.8. The minimum atomic E-state index is -1.14. The Morgan fingerprint density at radius 3 is 2.79 bits per heavy atom. The Morgan fingerprint density at radius 1 is 1.26 bits per heavy atom. The number of fused-ring (bicyclic) bond motifs is 1. The van der Waals surface area contributed by atoms with Gasteiger partial charge in [-0.3, -0.25) is 9.38 Å². The third-order valence-corrected chi connectivity index (χ3v) is 2.58. The van der Waals surface area contributed by atoms with Crippen LogP contribution in [-0.2, 0) is 0 Å². The molecule has 0 saturated carbocycles. The number of hydrogen-bond acceptors (Lipinski definition) is 4. The first-order valence-electron chi connectivity index (χ1n) is 5.34. The largest absolute Gasteiger partial charge is 0.476 e. The molecule has 0 aliphatic heterocycles. The summed E-state index contributed by atoms with van der Waals surface area (Å²) in [6.45, 7) is 0. The fourth-order valence-corrected chi connectivity index (χ4v) is 1.73. The number of aromatic nitrogens is 4. The topological polar surface area (TPSA) is 80.4 Å². The fraction of sp³-hybridized carbons (Fsp3) is 0. The molecule has 3 heterocycles. The molecule has 0 atom stereocenters. The van der Waals surface area contributed by atoms with E-state index >= 15 is 0 Å². The summed E-state index contributed by atoms with van der Waals surface area (Å²) in [6.07, 6.45) is 3.94. The minimum absolute atomic E-state index is 0.109. The molecule has 0 amide bonds. The summed E-state index contributed by atoms with van der Waals surface area (Å²) in [7, 11) is 0. The molecule has 0 bridgehead atoms. The Bertz CT molecular complexity index is 767. The van der Waals surface area contributed by atoms with Gasteiger partial charge in [0, 0.05) is 12.4 Å². The second-order valence-corrected chi connectivity index (χ2v) is 3.79. The van der Waals surface area contributed by atoms with E-state index in [9.17, 15) is 9.18 Å². The molecule has 7 heteroatoms. The van der Waals surface area contributed by atoms with Gasteiger partial charge in [0.2, 0.25) is 5.78 Å². The van der Waals surface area contributed by atoms with Gasteiger partial charge in [-0.05, 0) is 18.2 Å². The first kappa shape index (κ1) is 11.3. The molecule has 0 radical (unpaired) electrons. The van der Waals surface area contributed by atoms with Gasteiger partial charge in [-0.15, -0.1) is 0 Å². The number of halogens is 1. The number of imidazole rings is 1. The first-order valence-corrected chi connectivity index (χ1v) is 5.34. The maximum absolute atomic E-state index is 12.9. The molecular formula is C12H7FN4O2. The summed E-state index contributed by atoms with van der Waals surface area (Å²) in [6, 6.07) is 4.44. The lowest BCUT2D eigenvalue weighted by molar-refractivity contribution is 0.0691. The first-order chi connectivity index (χ1) is 9.15. The van der Waals surface area contributed by atoms with Crippen molar-refractivity contribution in [3.63, 3.8) is 0 Å². The summed E-state index contributed by atoms with van der Waals surface area (Å²) in [5, 5.41) is 8.91. The lowest BCUT2D eigenvalue weighted by Crippen LogP contribution is -1.95. The molecule has 3 rings (SSSR count). The van der Waals surface area contributed by atoms with Crippen molar-refractivity contribution in [2.75, 3.05) is 0 Å². The van der Waals surface area contributed by atoms with Crippen LogP contribution in [0, 0.1) is 5.82 Å². The van der Waals surface area contributed by atoms with Gasteiger partial charge in [-0.25, -0.2) is 19.2 Å². The smallest absolute Gasteiger partial charge is 0.356 e. The standard InChI is InChI=1S/C12H7FN4O2/c13-7-1-2-8(15-5-7)10-3-4-14-12-16-9(11(18)19)6-17(10)12/h1-6H,(H,18,19). The van der Waals surface area contributed by atoms with Crippen LogP contribution < -0.4 is 0 Å². The van der Waals surface area contributed by atoms with Crippen LogP contribution >= 0.6 is 0 Å². The average molecular weight is 258 g/mol. The highest BCUT2D eigenvalue weighted by atomic mass is 19.1. The van der Waals surface area contributed by atoms with Gasteiger partial charge < -0.3 is 5.11 Å². The summed E-state index contributed by atoms with van der Waals surface area (Å²) in [4.78, 5) is 22.7. The van der Waals surface area contributed by atoms with Gasteiger partial charge in [0.15, 0.2) is 5.69 Å². The Hall–Kier alpha value is -2.83. The van der Waals surface area contributed by atoms with Crippen molar-refractivity contribution >= 4 is 11.7 Å². The summed E-state index contributed by atoms with van der Waals surface area (Å²) < 4.78 is 14.4. The van der Waals surface area contributed by atoms with Gasteiger partial charge in [0.1, 0.15) is 5.82 Å². The highest BCUT2D eigenvalue weighted by molar-refractivity contribution is 5.86. The predicted octanol–water partition coefficient (Wildman–Crippen LogP) is 1.63. The van der Waals surface area contributed by atoms with E-state index in [1.165, 1.54) is 28.9 Å². The van der Waals surface area contributed by atoms with Crippen molar-refractivity contribution in [2.24, 2.45) is 0 Å². The zero-order chi connectivity index (χ0) is 13.4. The molecule has 0 unspecified atom stereocenters. The van der Waals surface area contributed by atoms with Crippen LogP contribution in [0.15, 0.2) is 36.8 Å². The highest BCUT2D eigenvalue weighted by Gasteiger charge is 2.12. The Balaban J connectivity index is 2.23. The van der Waals surface area contributed by atoms with Crippen LogP contribution in [0.2, 0.25) is 0 Å².